The minimum atomic E-state index is -0.508. The largest absolute Gasteiger partial charge is 0.355 e. The number of nitrogens with zero attached hydrogens (tertiary/aromatic N) is 3. The predicted octanol–water partition coefficient (Wildman–Crippen LogP) is 0.382. The first-order valence-corrected chi connectivity index (χ1v) is 8.17. The number of carbonyl (C=O) groups is 2. The van der Waals surface area contributed by atoms with E-state index in [0.29, 0.717) is 30.9 Å². The van der Waals surface area contributed by atoms with Crippen LogP contribution >= 0.6 is 11.3 Å². The van der Waals surface area contributed by atoms with Gasteiger partial charge in [0.1, 0.15) is 11.7 Å². The molecule has 2 amide bonds. The maximum Gasteiger partial charge on any atom is 0.273 e. The van der Waals surface area contributed by atoms with Crippen LogP contribution in [0.25, 0.3) is 4.96 Å². The van der Waals surface area contributed by atoms with E-state index >= 15 is 0 Å². The summed E-state index contributed by atoms with van der Waals surface area (Å²) in [5.74, 6) is -0.333. The minimum Gasteiger partial charge on any atom is -0.355 e. The number of amides is 2. The summed E-state index contributed by atoms with van der Waals surface area (Å²) < 4.78 is 1.78. The minimum absolute atomic E-state index is 0.146. The van der Waals surface area contributed by atoms with Gasteiger partial charge in [0.2, 0.25) is 5.91 Å². The van der Waals surface area contributed by atoms with Gasteiger partial charge in [-0.15, -0.1) is 11.3 Å². The Kier molecular flexibility index (Phi) is 3.88. The number of aromatic nitrogens is 2. The average Bonchev–Trinajstić information content (AvgIpc) is 3.12. The molecule has 1 aliphatic rings. The second kappa shape index (κ2) is 5.69. The maximum absolute atomic E-state index is 12.9. The first-order chi connectivity index (χ1) is 10.5. The summed E-state index contributed by atoms with van der Waals surface area (Å²) >= 11 is 1.48. The third kappa shape index (κ3) is 2.38. The highest BCUT2D eigenvalue weighted by molar-refractivity contribution is 7.15. The number of thiazole rings is 1. The Morgan fingerprint density at radius 2 is 2.32 bits per heavy atom. The van der Waals surface area contributed by atoms with Crippen LogP contribution in [0.5, 0.6) is 0 Å². The molecule has 1 aliphatic heterocycles. The number of hydrogen-bond acceptors (Lipinski definition) is 5. The molecule has 3 N–H and O–H groups in total. The summed E-state index contributed by atoms with van der Waals surface area (Å²) in [6, 6.07) is -0.686. The quantitative estimate of drug-likeness (QED) is 0.855. The van der Waals surface area contributed by atoms with Crippen molar-refractivity contribution in [3.05, 3.63) is 23.0 Å². The van der Waals surface area contributed by atoms with Gasteiger partial charge in [0.25, 0.3) is 5.91 Å². The smallest absolute Gasteiger partial charge is 0.273 e. The molecular formula is C14H19N5O2S. The Hall–Kier alpha value is -1.93. The van der Waals surface area contributed by atoms with Gasteiger partial charge in [-0.25, -0.2) is 4.98 Å². The molecule has 22 heavy (non-hydrogen) atoms. The molecule has 0 bridgehead atoms. The lowest BCUT2D eigenvalue weighted by Gasteiger charge is -2.23. The van der Waals surface area contributed by atoms with Crippen LogP contribution in [0.15, 0.2) is 11.6 Å². The third-order valence-corrected chi connectivity index (χ3v) is 4.64. The molecule has 2 aromatic rings. The lowest BCUT2D eigenvalue weighted by atomic mass is 10.1. The molecule has 118 valence electrons. The number of likely N-dealkylation sites (tertiary alicyclic amines) is 1. The van der Waals surface area contributed by atoms with Crippen LogP contribution in [0.2, 0.25) is 0 Å². The van der Waals surface area contributed by atoms with E-state index in [1.54, 1.807) is 9.30 Å². The second-order valence-corrected chi connectivity index (χ2v) is 6.34. The lowest BCUT2D eigenvalue weighted by molar-refractivity contribution is -0.124. The summed E-state index contributed by atoms with van der Waals surface area (Å²) in [4.78, 5) is 31.9. The van der Waals surface area contributed by atoms with Crippen molar-refractivity contribution in [3.8, 4) is 0 Å². The Morgan fingerprint density at radius 3 is 3.05 bits per heavy atom. The molecule has 2 aromatic heterocycles. The van der Waals surface area contributed by atoms with Crippen molar-refractivity contribution in [2.24, 2.45) is 5.73 Å². The molecule has 3 rings (SSSR count). The highest BCUT2D eigenvalue weighted by Gasteiger charge is 2.39. The number of hydrogen-bond donors (Lipinski definition) is 2. The fraction of sp³-hybridized carbons (Fsp3) is 0.500. The highest BCUT2D eigenvalue weighted by Crippen LogP contribution is 2.23. The zero-order valence-electron chi connectivity index (χ0n) is 12.6. The van der Waals surface area contributed by atoms with Gasteiger partial charge < -0.3 is 16.0 Å². The molecule has 0 aromatic carbocycles. The summed E-state index contributed by atoms with van der Waals surface area (Å²) in [5, 5.41) is 4.66. The monoisotopic (exact) mass is 321 g/mol. The zero-order chi connectivity index (χ0) is 15.9. The Bertz CT molecular complexity index is 722. The lowest BCUT2D eigenvalue weighted by Crippen LogP contribution is -2.46. The standard InChI is InChI=1S/C14H19N5O2S/c1-3-16-12(20)10-6-9(15)7-19(10)13(21)11-8(2)17-14-18(11)4-5-22-14/h4-5,9-10H,3,6-7,15H2,1-2H3,(H,16,20)/t9-,10+/m1/s1. The van der Waals surface area contributed by atoms with Crippen LogP contribution in [-0.2, 0) is 4.79 Å². The third-order valence-electron chi connectivity index (χ3n) is 3.89. The summed E-state index contributed by atoms with van der Waals surface area (Å²) in [7, 11) is 0. The number of imidazole rings is 1. The van der Waals surface area contributed by atoms with E-state index in [9.17, 15) is 9.59 Å². The van der Waals surface area contributed by atoms with Crippen molar-refractivity contribution < 1.29 is 9.59 Å². The van der Waals surface area contributed by atoms with Gasteiger partial charge in [-0.2, -0.15) is 0 Å². The van der Waals surface area contributed by atoms with Gasteiger partial charge in [0.15, 0.2) is 4.96 Å². The molecule has 0 unspecified atom stereocenters. The van der Waals surface area contributed by atoms with Crippen LogP contribution in [0.1, 0.15) is 29.5 Å². The van der Waals surface area contributed by atoms with Gasteiger partial charge in [-0.05, 0) is 20.3 Å². The van der Waals surface area contributed by atoms with Crippen molar-refractivity contribution in [1.82, 2.24) is 19.6 Å². The van der Waals surface area contributed by atoms with Gasteiger partial charge in [0, 0.05) is 30.7 Å². The second-order valence-electron chi connectivity index (χ2n) is 5.47. The van der Waals surface area contributed by atoms with Crippen LogP contribution in [0.4, 0.5) is 0 Å². The van der Waals surface area contributed by atoms with Crippen LogP contribution in [0.3, 0.4) is 0 Å². The normalized spacial score (nSPS) is 21.5. The molecular weight excluding hydrogens is 302 g/mol. The number of rotatable bonds is 3. The average molecular weight is 321 g/mol. The topological polar surface area (TPSA) is 92.7 Å². The molecule has 3 heterocycles. The van der Waals surface area contributed by atoms with E-state index < -0.39 is 6.04 Å². The molecule has 0 aliphatic carbocycles. The molecule has 0 saturated carbocycles. The molecule has 1 fully saturated rings. The summed E-state index contributed by atoms with van der Waals surface area (Å²) in [6.07, 6.45) is 2.31. The van der Waals surface area contributed by atoms with E-state index in [0.717, 1.165) is 4.96 Å². The van der Waals surface area contributed by atoms with E-state index in [1.807, 2.05) is 25.4 Å². The van der Waals surface area contributed by atoms with E-state index in [1.165, 1.54) is 11.3 Å². The zero-order valence-corrected chi connectivity index (χ0v) is 13.4. The van der Waals surface area contributed by atoms with Crippen molar-refractivity contribution in [1.29, 1.82) is 0 Å². The number of carbonyl (C=O) groups excluding carboxylic acids is 2. The Labute approximate surface area is 132 Å². The summed E-state index contributed by atoms with van der Waals surface area (Å²) in [5.41, 5.74) is 7.16. The van der Waals surface area contributed by atoms with Crippen LogP contribution < -0.4 is 11.1 Å². The Morgan fingerprint density at radius 1 is 1.55 bits per heavy atom. The number of nitrogens with one attached hydrogen (secondary N) is 1. The number of nitrogens with two attached hydrogens (primary N) is 1. The van der Waals surface area contributed by atoms with Gasteiger partial charge >= 0.3 is 0 Å². The van der Waals surface area contributed by atoms with E-state index in [-0.39, 0.29) is 17.9 Å². The van der Waals surface area contributed by atoms with Crippen molar-refractivity contribution in [3.63, 3.8) is 0 Å². The number of fused-ring (bicyclic) bond motifs is 1. The van der Waals surface area contributed by atoms with Gasteiger partial charge in [-0.3, -0.25) is 14.0 Å². The first-order valence-electron chi connectivity index (χ1n) is 7.29. The highest BCUT2D eigenvalue weighted by atomic mass is 32.1. The molecule has 8 heteroatoms. The van der Waals surface area contributed by atoms with Gasteiger partial charge in [0.05, 0.1) is 5.69 Å². The number of likely N-dealkylation sites (N-methyl/N-ethyl adjacent to an activating group) is 1. The Balaban J connectivity index is 1.94. The fourth-order valence-corrected chi connectivity index (χ4v) is 3.68. The molecule has 7 nitrogen and oxygen atoms in total. The molecule has 1 saturated heterocycles. The van der Waals surface area contributed by atoms with Crippen molar-refractivity contribution in [2.75, 3.05) is 13.1 Å². The SMILES string of the molecule is CCNC(=O)[C@@H]1C[C@@H](N)CN1C(=O)c1c(C)nc2sccn12. The molecule has 0 spiro atoms. The van der Waals surface area contributed by atoms with Crippen molar-refractivity contribution >= 4 is 28.1 Å². The fourth-order valence-electron chi connectivity index (χ4n) is 2.92. The molecule has 2 atom stereocenters. The van der Waals surface area contributed by atoms with Crippen LogP contribution in [-0.4, -0.2) is 51.3 Å². The number of aryl methyl sites for hydroxylation is 1. The molecule has 0 radical (unpaired) electrons. The van der Waals surface area contributed by atoms with Gasteiger partial charge in [-0.1, -0.05) is 0 Å². The van der Waals surface area contributed by atoms with E-state index in [4.69, 9.17) is 5.73 Å². The maximum atomic E-state index is 12.9. The van der Waals surface area contributed by atoms with Crippen LogP contribution in [0, 0.1) is 6.92 Å². The van der Waals surface area contributed by atoms with E-state index in [2.05, 4.69) is 10.3 Å². The predicted molar refractivity (Wildman–Crippen MR) is 83.9 cm³/mol. The first kappa shape index (κ1) is 15.0. The van der Waals surface area contributed by atoms with Crippen molar-refractivity contribution in [2.45, 2.75) is 32.4 Å². The summed E-state index contributed by atoms with van der Waals surface area (Å²) in [6.45, 7) is 4.59.